The molecule has 0 amide bonds. The minimum atomic E-state index is 0.537. The van der Waals surface area contributed by atoms with Gasteiger partial charge in [-0.05, 0) is 41.2 Å². The summed E-state index contributed by atoms with van der Waals surface area (Å²) in [6.07, 6.45) is 5.85. The standard InChI is InChI=1S/C16H20N2/c1-3-12-5-6-14(4-2)16(8-12)15-7-13(9-17)10-18-11-15/h5-8,10-11H,3-4,9,17H2,1-2H3. The van der Waals surface area contributed by atoms with E-state index in [9.17, 15) is 0 Å². The summed E-state index contributed by atoms with van der Waals surface area (Å²) in [5.74, 6) is 0. The highest BCUT2D eigenvalue weighted by molar-refractivity contribution is 5.68. The molecule has 0 bridgehead atoms. The van der Waals surface area contributed by atoms with Gasteiger partial charge >= 0.3 is 0 Å². The normalized spacial score (nSPS) is 10.6. The number of nitrogens with zero attached hydrogens (tertiary/aromatic N) is 1. The molecule has 2 N–H and O–H groups in total. The Bertz CT molecular complexity index is 532. The van der Waals surface area contributed by atoms with Gasteiger partial charge in [0.1, 0.15) is 0 Å². The van der Waals surface area contributed by atoms with Crippen LogP contribution in [0.15, 0.2) is 36.7 Å². The van der Waals surface area contributed by atoms with Crippen LogP contribution in [0.3, 0.4) is 0 Å². The fourth-order valence-electron chi connectivity index (χ4n) is 2.17. The van der Waals surface area contributed by atoms with Gasteiger partial charge < -0.3 is 5.73 Å². The molecule has 1 heterocycles. The van der Waals surface area contributed by atoms with Crippen molar-refractivity contribution in [2.45, 2.75) is 33.2 Å². The molecule has 2 nitrogen and oxygen atoms in total. The summed E-state index contributed by atoms with van der Waals surface area (Å²) in [6.45, 7) is 4.90. The van der Waals surface area contributed by atoms with Gasteiger partial charge in [-0.1, -0.05) is 32.0 Å². The van der Waals surface area contributed by atoms with Crippen molar-refractivity contribution >= 4 is 0 Å². The Kier molecular flexibility index (Phi) is 4.11. The van der Waals surface area contributed by atoms with Crippen molar-refractivity contribution in [3.63, 3.8) is 0 Å². The molecule has 1 aromatic carbocycles. The number of hydrogen-bond acceptors (Lipinski definition) is 2. The van der Waals surface area contributed by atoms with Crippen LogP contribution < -0.4 is 5.73 Å². The molecular weight excluding hydrogens is 220 g/mol. The van der Waals surface area contributed by atoms with Crippen molar-refractivity contribution in [1.82, 2.24) is 4.98 Å². The first-order chi connectivity index (χ1) is 8.78. The smallest absolute Gasteiger partial charge is 0.0346 e. The third-order valence-electron chi connectivity index (χ3n) is 3.31. The molecule has 94 valence electrons. The van der Waals surface area contributed by atoms with Crippen molar-refractivity contribution in [3.8, 4) is 11.1 Å². The number of nitrogens with two attached hydrogens (primary N) is 1. The maximum absolute atomic E-state index is 5.68. The average molecular weight is 240 g/mol. The van der Waals surface area contributed by atoms with Crippen LogP contribution in [0.2, 0.25) is 0 Å². The van der Waals surface area contributed by atoms with E-state index in [1.165, 1.54) is 22.3 Å². The van der Waals surface area contributed by atoms with Gasteiger partial charge in [-0.2, -0.15) is 0 Å². The van der Waals surface area contributed by atoms with E-state index in [4.69, 9.17) is 5.73 Å². The number of pyridine rings is 1. The minimum Gasteiger partial charge on any atom is -0.326 e. The molecule has 1 aromatic heterocycles. The Labute approximate surface area is 109 Å². The fourth-order valence-corrected chi connectivity index (χ4v) is 2.17. The molecule has 0 aliphatic heterocycles. The molecule has 2 heteroatoms. The molecule has 0 aliphatic carbocycles. The Morgan fingerprint density at radius 2 is 1.83 bits per heavy atom. The van der Waals surface area contributed by atoms with E-state index in [1.54, 1.807) is 0 Å². The van der Waals surface area contributed by atoms with Crippen molar-refractivity contribution in [2.24, 2.45) is 5.73 Å². The monoisotopic (exact) mass is 240 g/mol. The van der Waals surface area contributed by atoms with Gasteiger partial charge in [0.05, 0.1) is 0 Å². The largest absolute Gasteiger partial charge is 0.326 e. The maximum Gasteiger partial charge on any atom is 0.0346 e. The predicted octanol–water partition coefficient (Wildman–Crippen LogP) is 3.33. The third kappa shape index (κ3) is 2.59. The molecule has 0 saturated heterocycles. The van der Waals surface area contributed by atoms with Crippen LogP contribution in [-0.4, -0.2) is 4.98 Å². The quantitative estimate of drug-likeness (QED) is 0.890. The van der Waals surface area contributed by atoms with E-state index < -0.39 is 0 Å². The van der Waals surface area contributed by atoms with E-state index in [1.807, 2.05) is 12.4 Å². The molecule has 2 rings (SSSR count). The number of hydrogen-bond donors (Lipinski definition) is 1. The third-order valence-corrected chi connectivity index (χ3v) is 3.31. The lowest BCUT2D eigenvalue weighted by Crippen LogP contribution is -1.98. The van der Waals surface area contributed by atoms with Gasteiger partial charge in [-0.15, -0.1) is 0 Å². The second-order valence-corrected chi connectivity index (χ2v) is 4.48. The molecule has 2 aromatic rings. The highest BCUT2D eigenvalue weighted by Crippen LogP contribution is 2.26. The van der Waals surface area contributed by atoms with Crippen LogP contribution in [-0.2, 0) is 19.4 Å². The first-order valence-electron chi connectivity index (χ1n) is 6.54. The summed E-state index contributed by atoms with van der Waals surface area (Å²) in [4.78, 5) is 4.28. The number of benzene rings is 1. The maximum atomic E-state index is 5.68. The van der Waals surface area contributed by atoms with Crippen LogP contribution in [0.25, 0.3) is 11.1 Å². The van der Waals surface area contributed by atoms with Gasteiger partial charge in [0.25, 0.3) is 0 Å². The molecule has 0 saturated carbocycles. The highest BCUT2D eigenvalue weighted by Gasteiger charge is 2.06. The van der Waals surface area contributed by atoms with Gasteiger partial charge in [0.15, 0.2) is 0 Å². The van der Waals surface area contributed by atoms with E-state index in [0.717, 1.165) is 18.4 Å². The zero-order valence-corrected chi connectivity index (χ0v) is 11.1. The van der Waals surface area contributed by atoms with E-state index >= 15 is 0 Å². The summed E-state index contributed by atoms with van der Waals surface area (Å²) in [6, 6.07) is 8.85. The lowest BCUT2D eigenvalue weighted by molar-refractivity contribution is 1.05. The highest BCUT2D eigenvalue weighted by atomic mass is 14.6. The van der Waals surface area contributed by atoms with Crippen molar-refractivity contribution in [3.05, 3.63) is 53.3 Å². The lowest BCUT2D eigenvalue weighted by atomic mass is 9.95. The lowest BCUT2D eigenvalue weighted by Gasteiger charge is -2.11. The van der Waals surface area contributed by atoms with Crippen LogP contribution in [0.5, 0.6) is 0 Å². The molecule has 0 radical (unpaired) electrons. The topological polar surface area (TPSA) is 38.9 Å². The van der Waals surface area contributed by atoms with Gasteiger partial charge in [-0.3, -0.25) is 4.98 Å². The SMILES string of the molecule is CCc1ccc(CC)c(-c2cncc(CN)c2)c1. The zero-order chi connectivity index (χ0) is 13.0. The van der Waals surface area contributed by atoms with Gasteiger partial charge in [0, 0.05) is 24.5 Å². The van der Waals surface area contributed by atoms with E-state index in [0.29, 0.717) is 6.54 Å². The summed E-state index contributed by atoms with van der Waals surface area (Å²) < 4.78 is 0. The van der Waals surface area contributed by atoms with Crippen LogP contribution in [0, 0.1) is 0 Å². The Morgan fingerprint density at radius 3 is 2.50 bits per heavy atom. The molecular formula is C16H20N2. The first-order valence-corrected chi connectivity index (χ1v) is 6.54. The van der Waals surface area contributed by atoms with Crippen molar-refractivity contribution < 1.29 is 0 Å². The zero-order valence-electron chi connectivity index (χ0n) is 11.1. The first kappa shape index (κ1) is 12.8. The predicted molar refractivity (Wildman–Crippen MR) is 76.3 cm³/mol. The Hall–Kier alpha value is -1.67. The number of aryl methyl sites for hydroxylation is 2. The van der Waals surface area contributed by atoms with Gasteiger partial charge in [-0.25, -0.2) is 0 Å². The van der Waals surface area contributed by atoms with Crippen LogP contribution >= 0.6 is 0 Å². The summed E-state index contributed by atoms with van der Waals surface area (Å²) >= 11 is 0. The van der Waals surface area contributed by atoms with Crippen LogP contribution in [0.4, 0.5) is 0 Å². The van der Waals surface area contributed by atoms with Crippen molar-refractivity contribution in [1.29, 1.82) is 0 Å². The summed E-state index contributed by atoms with van der Waals surface area (Å²) in [5.41, 5.74) is 12.0. The minimum absolute atomic E-state index is 0.537. The average Bonchev–Trinajstić information content (AvgIpc) is 2.46. The second kappa shape index (κ2) is 5.78. The van der Waals surface area contributed by atoms with E-state index in [-0.39, 0.29) is 0 Å². The summed E-state index contributed by atoms with van der Waals surface area (Å²) in [5, 5.41) is 0. The second-order valence-electron chi connectivity index (χ2n) is 4.48. The Balaban J connectivity index is 2.53. The number of rotatable bonds is 4. The summed E-state index contributed by atoms with van der Waals surface area (Å²) in [7, 11) is 0. The van der Waals surface area contributed by atoms with Crippen molar-refractivity contribution in [2.75, 3.05) is 0 Å². The van der Waals surface area contributed by atoms with Gasteiger partial charge in [0.2, 0.25) is 0 Å². The number of aromatic nitrogens is 1. The van der Waals surface area contributed by atoms with Crippen LogP contribution in [0.1, 0.15) is 30.5 Å². The molecule has 0 spiro atoms. The molecule has 0 fully saturated rings. The Morgan fingerprint density at radius 1 is 1.00 bits per heavy atom. The molecule has 0 atom stereocenters. The molecule has 0 unspecified atom stereocenters. The molecule has 18 heavy (non-hydrogen) atoms. The fraction of sp³-hybridized carbons (Fsp3) is 0.312. The molecule has 0 aliphatic rings. The van der Waals surface area contributed by atoms with E-state index in [2.05, 4.69) is 43.1 Å².